The van der Waals surface area contributed by atoms with Crippen LogP contribution in [0.1, 0.15) is 29.6 Å². The van der Waals surface area contributed by atoms with Gasteiger partial charge in [-0.05, 0) is 51.1 Å². The molecule has 5 heteroatoms. The normalized spacial score (nSPS) is 19.7. The molecule has 0 N–H and O–H groups in total. The molecule has 1 fully saturated rings. The molecule has 0 radical (unpaired) electrons. The van der Waals surface area contributed by atoms with Crippen LogP contribution in [0, 0.1) is 0 Å². The molecule has 0 bridgehead atoms. The van der Waals surface area contributed by atoms with Crippen LogP contribution in [0.2, 0.25) is 0 Å². The molecular formula is C16H23NO4. The van der Waals surface area contributed by atoms with E-state index >= 15 is 0 Å². The Labute approximate surface area is 125 Å². The van der Waals surface area contributed by atoms with Crippen LogP contribution in [0.5, 0.6) is 11.5 Å². The predicted molar refractivity (Wildman–Crippen MR) is 80.1 cm³/mol. The molecular weight excluding hydrogens is 270 g/mol. The standard InChI is InChI=1S/C16H23NO4/c1-17-9-4-5-13(8-10-17)21-15-11-12(16(18)20-3)6-7-14(15)19-2/h6-7,11,13H,4-5,8-10H2,1-3H3. The molecule has 1 saturated heterocycles. The quantitative estimate of drug-likeness (QED) is 0.798. The van der Waals surface area contributed by atoms with Gasteiger partial charge in [0.2, 0.25) is 0 Å². The summed E-state index contributed by atoms with van der Waals surface area (Å²) in [4.78, 5) is 13.9. The fraction of sp³-hybridized carbons (Fsp3) is 0.562. The lowest BCUT2D eigenvalue weighted by atomic mass is 10.1. The summed E-state index contributed by atoms with van der Waals surface area (Å²) >= 11 is 0. The van der Waals surface area contributed by atoms with E-state index in [2.05, 4.69) is 11.9 Å². The van der Waals surface area contributed by atoms with Gasteiger partial charge in [0.25, 0.3) is 0 Å². The SMILES string of the molecule is COC(=O)c1ccc(OC)c(OC2CCCN(C)CC2)c1. The van der Waals surface area contributed by atoms with Crippen LogP contribution < -0.4 is 9.47 Å². The topological polar surface area (TPSA) is 48.0 Å². The number of carbonyl (C=O) groups is 1. The van der Waals surface area contributed by atoms with E-state index < -0.39 is 0 Å². The van der Waals surface area contributed by atoms with Gasteiger partial charge in [0.05, 0.1) is 19.8 Å². The molecule has 1 aromatic rings. The van der Waals surface area contributed by atoms with Gasteiger partial charge < -0.3 is 19.1 Å². The van der Waals surface area contributed by atoms with Crippen molar-refractivity contribution in [1.29, 1.82) is 0 Å². The minimum atomic E-state index is -0.372. The largest absolute Gasteiger partial charge is 0.493 e. The Morgan fingerprint density at radius 1 is 1.19 bits per heavy atom. The molecule has 21 heavy (non-hydrogen) atoms. The second kappa shape index (κ2) is 7.31. The Morgan fingerprint density at radius 2 is 2.00 bits per heavy atom. The molecule has 0 amide bonds. The molecule has 0 saturated carbocycles. The van der Waals surface area contributed by atoms with E-state index in [-0.39, 0.29) is 12.1 Å². The average molecular weight is 293 g/mol. The van der Waals surface area contributed by atoms with Crippen LogP contribution in [0.3, 0.4) is 0 Å². The Bertz CT molecular complexity index is 489. The van der Waals surface area contributed by atoms with Gasteiger partial charge in [0.15, 0.2) is 11.5 Å². The zero-order chi connectivity index (χ0) is 15.2. The fourth-order valence-electron chi connectivity index (χ4n) is 2.52. The smallest absolute Gasteiger partial charge is 0.337 e. The first-order valence-corrected chi connectivity index (χ1v) is 7.25. The number of nitrogens with zero attached hydrogens (tertiary/aromatic N) is 1. The highest BCUT2D eigenvalue weighted by atomic mass is 16.5. The van der Waals surface area contributed by atoms with E-state index in [9.17, 15) is 4.79 Å². The Kier molecular flexibility index (Phi) is 5.44. The predicted octanol–water partition coefficient (Wildman–Crippen LogP) is 2.34. The van der Waals surface area contributed by atoms with Crippen molar-refractivity contribution in [3.05, 3.63) is 23.8 Å². The van der Waals surface area contributed by atoms with Gasteiger partial charge in [-0.2, -0.15) is 0 Å². The summed E-state index contributed by atoms with van der Waals surface area (Å²) in [7, 11) is 5.09. The van der Waals surface area contributed by atoms with Crippen LogP contribution >= 0.6 is 0 Å². The highest BCUT2D eigenvalue weighted by Gasteiger charge is 2.19. The Hall–Kier alpha value is -1.75. The third-order valence-corrected chi connectivity index (χ3v) is 3.78. The Morgan fingerprint density at radius 3 is 2.71 bits per heavy atom. The maximum atomic E-state index is 11.6. The summed E-state index contributed by atoms with van der Waals surface area (Å²) in [6, 6.07) is 5.11. The summed E-state index contributed by atoms with van der Waals surface area (Å²) in [6.45, 7) is 2.11. The first-order valence-electron chi connectivity index (χ1n) is 7.25. The van der Waals surface area contributed by atoms with E-state index in [1.165, 1.54) is 7.11 Å². The molecule has 0 spiro atoms. The molecule has 1 aliphatic rings. The monoisotopic (exact) mass is 293 g/mol. The summed E-state index contributed by atoms with van der Waals surface area (Å²) < 4.78 is 16.1. The van der Waals surface area contributed by atoms with Gasteiger partial charge in [-0.3, -0.25) is 0 Å². The number of benzene rings is 1. The summed E-state index contributed by atoms with van der Waals surface area (Å²) in [6.07, 6.45) is 3.25. The zero-order valence-electron chi connectivity index (χ0n) is 12.9. The molecule has 1 atom stereocenters. The maximum Gasteiger partial charge on any atom is 0.337 e. The highest BCUT2D eigenvalue weighted by molar-refractivity contribution is 5.90. The molecule has 116 valence electrons. The van der Waals surface area contributed by atoms with E-state index in [0.29, 0.717) is 17.1 Å². The lowest BCUT2D eigenvalue weighted by Crippen LogP contribution is -2.21. The molecule has 0 aromatic heterocycles. The second-order valence-corrected chi connectivity index (χ2v) is 5.33. The van der Waals surface area contributed by atoms with E-state index in [1.807, 2.05) is 0 Å². The lowest BCUT2D eigenvalue weighted by molar-refractivity contribution is 0.0599. The number of ether oxygens (including phenoxy) is 3. The van der Waals surface area contributed by atoms with E-state index in [0.717, 1.165) is 32.4 Å². The van der Waals surface area contributed by atoms with Gasteiger partial charge in [0, 0.05) is 6.54 Å². The number of rotatable bonds is 4. The minimum absolute atomic E-state index is 0.150. The van der Waals surface area contributed by atoms with Crippen molar-refractivity contribution in [2.45, 2.75) is 25.4 Å². The van der Waals surface area contributed by atoms with Crippen LogP contribution in [0.15, 0.2) is 18.2 Å². The first-order chi connectivity index (χ1) is 10.1. The Balaban J connectivity index is 2.14. The third-order valence-electron chi connectivity index (χ3n) is 3.78. The number of carbonyl (C=O) groups excluding carboxylic acids is 1. The van der Waals surface area contributed by atoms with Gasteiger partial charge in [0.1, 0.15) is 6.10 Å². The van der Waals surface area contributed by atoms with Crippen molar-refractivity contribution in [1.82, 2.24) is 4.90 Å². The second-order valence-electron chi connectivity index (χ2n) is 5.33. The highest BCUT2D eigenvalue weighted by Crippen LogP contribution is 2.31. The van der Waals surface area contributed by atoms with Gasteiger partial charge in [-0.1, -0.05) is 0 Å². The van der Waals surface area contributed by atoms with Gasteiger partial charge >= 0.3 is 5.97 Å². The zero-order valence-corrected chi connectivity index (χ0v) is 12.9. The number of likely N-dealkylation sites (tertiary alicyclic amines) is 1. The first kappa shape index (κ1) is 15.6. The third kappa shape index (κ3) is 4.11. The molecule has 0 aliphatic carbocycles. The molecule has 1 heterocycles. The lowest BCUT2D eigenvalue weighted by Gasteiger charge is -2.19. The molecule has 2 rings (SSSR count). The van der Waals surface area contributed by atoms with Crippen LogP contribution in [0.25, 0.3) is 0 Å². The van der Waals surface area contributed by atoms with Crippen LogP contribution in [-0.4, -0.2) is 51.3 Å². The molecule has 1 aromatic carbocycles. The number of hydrogen-bond donors (Lipinski definition) is 0. The summed E-state index contributed by atoms with van der Waals surface area (Å²) in [5, 5.41) is 0. The van der Waals surface area contributed by atoms with E-state index in [1.54, 1.807) is 25.3 Å². The van der Waals surface area contributed by atoms with Crippen molar-refractivity contribution in [2.24, 2.45) is 0 Å². The van der Waals surface area contributed by atoms with Crippen LogP contribution in [0.4, 0.5) is 0 Å². The van der Waals surface area contributed by atoms with E-state index in [4.69, 9.17) is 14.2 Å². The molecule has 5 nitrogen and oxygen atoms in total. The van der Waals surface area contributed by atoms with Crippen LogP contribution in [-0.2, 0) is 4.74 Å². The number of esters is 1. The summed E-state index contributed by atoms with van der Waals surface area (Å²) in [5.74, 6) is 0.873. The van der Waals surface area contributed by atoms with Gasteiger partial charge in [-0.15, -0.1) is 0 Å². The fourth-order valence-corrected chi connectivity index (χ4v) is 2.52. The number of methoxy groups -OCH3 is 2. The minimum Gasteiger partial charge on any atom is -0.493 e. The van der Waals surface area contributed by atoms with Crippen molar-refractivity contribution in [3.63, 3.8) is 0 Å². The molecule has 1 unspecified atom stereocenters. The summed E-state index contributed by atoms with van der Waals surface area (Å²) in [5.41, 5.74) is 0.471. The number of hydrogen-bond acceptors (Lipinski definition) is 5. The van der Waals surface area contributed by atoms with Crippen molar-refractivity contribution in [2.75, 3.05) is 34.4 Å². The maximum absolute atomic E-state index is 11.6. The van der Waals surface area contributed by atoms with Crippen molar-refractivity contribution >= 4 is 5.97 Å². The average Bonchev–Trinajstić information content (AvgIpc) is 2.71. The van der Waals surface area contributed by atoms with Gasteiger partial charge in [-0.25, -0.2) is 4.79 Å². The van der Waals surface area contributed by atoms with Crippen molar-refractivity contribution in [3.8, 4) is 11.5 Å². The molecule has 1 aliphatic heterocycles. The van der Waals surface area contributed by atoms with Crippen molar-refractivity contribution < 1.29 is 19.0 Å².